The summed E-state index contributed by atoms with van der Waals surface area (Å²) in [7, 11) is -3.56. The van der Waals surface area contributed by atoms with Crippen molar-refractivity contribution >= 4 is 21.6 Å². The number of carbonyl (C=O) groups is 1. The molecular weight excluding hydrogens is 388 g/mol. The number of nitrogens with zero attached hydrogens (tertiary/aromatic N) is 3. The van der Waals surface area contributed by atoms with Gasteiger partial charge in [-0.25, -0.2) is 8.42 Å². The number of aryl methyl sites for hydroxylation is 2. The van der Waals surface area contributed by atoms with Crippen LogP contribution in [0.1, 0.15) is 30.3 Å². The van der Waals surface area contributed by atoms with Crippen LogP contribution < -0.4 is 5.32 Å². The van der Waals surface area contributed by atoms with Gasteiger partial charge in [0, 0.05) is 50.0 Å². The molecular formula is C21H26N4O3S. The van der Waals surface area contributed by atoms with E-state index in [2.05, 4.69) is 15.2 Å². The average Bonchev–Trinajstić information content (AvgIpc) is 2.60. The van der Waals surface area contributed by atoms with E-state index in [9.17, 15) is 13.2 Å². The van der Waals surface area contributed by atoms with Gasteiger partial charge in [0.25, 0.3) is 0 Å². The monoisotopic (exact) mass is 414 g/mol. The van der Waals surface area contributed by atoms with Gasteiger partial charge in [-0.1, -0.05) is 6.07 Å². The normalized spacial score (nSPS) is 22.2. The zero-order chi connectivity index (χ0) is 20.8. The first-order valence-corrected chi connectivity index (χ1v) is 11.2. The van der Waals surface area contributed by atoms with Crippen LogP contribution in [0.3, 0.4) is 0 Å². The van der Waals surface area contributed by atoms with Gasteiger partial charge in [0.2, 0.25) is 15.9 Å². The highest BCUT2D eigenvalue weighted by Gasteiger charge is 2.51. The summed E-state index contributed by atoms with van der Waals surface area (Å²) in [5.74, 6) is -0.180. The van der Waals surface area contributed by atoms with E-state index in [1.807, 2.05) is 25.1 Å². The number of benzene rings is 1. The minimum Gasteiger partial charge on any atom is -0.326 e. The largest absolute Gasteiger partial charge is 0.326 e. The number of hydrogen-bond acceptors (Lipinski definition) is 5. The maximum absolute atomic E-state index is 13.3. The van der Waals surface area contributed by atoms with Crippen molar-refractivity contribution in [1.82, 2.24) is 14.2 Å². The molecule has 7 nitrogen and oxygen atoms in total. The molecule has 2 bridgehead atoms. The van der Waals surface area contributed by atoms with Gasteiger partial charge in [0.05, 0.1) is 10.6 Å². The van der Waals surface area contributed by atoms with Crippen molar-refractivity contribution in [3.05, 3.63) is 53.3 Å². The standard InChI is InChI=1S/C21H26N4O3S/c1-14-9-17(23-16(3)26)7-8-21(14)29(27,28)25-19-10-20(25)13-24(12-19)11-18-6-4-5-15(2)22-18/h4-9,19-20H,10-13H2,1-3H3,(H,23,26). The summed E-state index contributed by atoms with van der Waals surface area (Å²) >= 11 is 0. The van der Waals surface area contributed by atoms with Gasteiger partial charge in [0.1, 0.15) is 0 Å². The molecule has 0 aliphatic carbocycles. The van der Waals surface area contributed by atoms with Crippen molar-refractivity contribution in [3.63, 3.8) is 0 Å². The predicted molar refractivity (Wildman–Crippen MR) is 111 cm³/mol. The van der Waals surface area contributed by atoms with Crippen molar-refractivity contribution in [2.75, 3.05) is 18.4 Å². The van der Waals surface area contributed by atoms with Crippen molar-refractivity contribution in [1.29, 1.82) is 0 Å². The quantitative estimate of drug-likeness (QED) is 0.812. The minimum atomic E-state index is -3.56. The van der Waals surface area contributed by atoms with Gasteiger partial charge < -0.3 is 5.32 Å². The van der Waals surface area contributed by atoms with E-state index in [4.69, 9.17) is 0 Å². The number of pyridine rings is 1. The Bertz CT molecular complexity index is 1040. The summed E-state index contributed by atoms with van der Waals surface area (Å²) in [6.07, 6.45) is 0.903. The molecule has 154 valence electrons. The first-order chi connectivity index (χ1) is 13.7. The molecule has 29 heavy (non-hydrogen) atoms. The summed E-state index contributed by atoms with van der Waals surface area (Å²) in [4.78, 5) is 18.4. The lowest BCUT2D eigenvalue weighted by atomic mass is 9.91. The predicted octanol–water partition coefficient (Wildman–Crippen LogP) is 2.30. The molecule has 2 atom stereocenters. The summed E-state index contributed by atoms with van der Waals surface area (Å²) in [5.41, 5.74) is 3.26. The number of carbonyl (C=O) groups excluding carboxylic acids is 1. The number of amides is 1. The second-order valence-corrected chi connectivity index (χ2v) is 9.82. The lowest BCUT2D eigenvalue weighted by molar-refractivity contribution is -0.114. The number of aromatic nitrogens is 1. The second kappa shape index (κ2) is 7.51. The van der Waals surface area contributed by atoms with Gasteiger partial charge >= 0.3 is 0 Å². The molecule has 1 aromatic carbocycles. The molecule has 3 saturated heterocycles. The number of fused-ring (bicyclic) bond motifs is 2. The topological polar surface area (TPSA) is 82.6 Å². The molecule has 2 unspecified atom stereocenters. The highest BCUT2D eigenvalue weighted by Crippen LogP contribution is 2.38. The number of nitrogens with one attached hydrogen (secondary N) is 1. The summed E-state index contributed by atoms with van der Waals surface area (Å²) in [6, 6.07) is 10.9. The molecule has 1 N–H and O–H groups in total. The molecule has 1 amide bonds. The van der Waals surface area contributed by atoms with E-state index < -0.39 is 10.0 Å². The number of hydrogen-bond donors (Lipinski definition) is 1. The third-order valence-electron chi connectivity index (χ3n) is 5.58. The van der Waals surface area contributed by atoms with Crippen LogP contribution in [0.2, 0.25) is 0 Å². The van der Waals surface area contributed by atoms with E-state index >= 15 is 0 Å². The van der Waals surface area contributed by atoms with Gasteiger partial charge in [-0.2, -0.15) is 4.31 Å². The number of sulfonamides is 1. The lowest BCUT2D eigenvalue weighted by Crippen LogP contribution is -2.69. The van der Waals surface area contributed by atoms with E-state index in [-0.39, 0.29) is 18.0 Å². The van der Waals surface area contributed by atoms with Crippen LogP contribution in [-0.2, 0) is 21.4 Å². The molecule has 0 spiro atoms. The third-order valence-corrected chi connectivity index (χ3v) is 7.75. The molecule has 5 rings (SSSR count). The Labute approximate surface area is 171 Å². The molecule has 0 radical (unpaired) electrons. The summed E-state index contributed by atoms with van der Waals surface area (Å²) in [5, 5.41) is 2.69. The number of piperazine rings is 1. The molecule has 3 aliphatic heterocycles. The highest BCUT2D eigenvalue weighted by molar-refractivity contribution is 7.89. The van der Waals surface area contributed by atoms with E-state index in [1.165, 1.54) is 6.92 Å². The molecule has 3 aliphatic rings. The van der Waals surface area contributed by atoms with Crippen LogP contribution in [0.15, 0.2) is 41.3 Å². The zero-order valence-electron chi connectivity index (χ0n) is 16.9. The maximum Gasteiger partial charge on any atom is 0.243 e. The van der Waals surface area contributed by atoms with Gasteiger partial charge in [-0.05, 0) is 56.2 Å². The van der Waals surface area contributed by atoms with Crippen molar-refractivity contribution in [2.45, 2.75) is 50.7 Å². The van der Waals surface area contributed by atoms with Crippen LogP contribution in [-0.4, -0.2) is 53.7 Å². The van der Waals surface area contributed by atoms with Crippen molar-refractivity contribution in [2.24, 2.45) is 0 Å². The highest BCUT2D eigenvalue weighted by atomic mass is 32.2. The average molecular weight is 415 g/mol. The van der Waals surface area contributed by atoms with Gasteiger partial charge in [0.15, 0.2) is 0 Å². The molecule has 1 aromatic heterocycles. The molecule has 2 aromatic rings. The zero-order valence-corrected chi connectivity index (χ0v) is 17.7. The van der Waals surface area contributed by atoms with Crippen molar-refractivity contribution in [3.8, 4) is 0 Å². The second-order valence-electron chi connectivity index (χ2n) is 8.00. The Balaban J connectivity index is 1.48. The number of piperidine rings is 1. The SMILES string of the molecule is CC(=O)Nc1ccc(S(=O)(=O)N2C3CC2CN(Cc2cccc(C)n2)C3)c(C)c1. The Morgan fingerprint density at radius 2 is 1.90 bits per heavy atom. The fourth-order valence-electron chi connectivity index (χ4n) is 4.43. The lowest BCUT2D eigenvalue weighted by Gasteiger charge is -2.55. The van der Waals surface area contributed by atoms with Crippen LogP contribution in [0, 0.1) is 13.8 Å². The Hall–Kier alpha value is -2.29. The van der Waals surface area contributed by atoms with E-state index in [0.717, 1.165) is 24.4 Å². The number of anilines is 1. The van der Waals surface area contributed by atoms with Crippen LogP contribution in [0.4, 0.5) is 5.69 Å². The summed E-state index contributed by atoms with van der Waals surface area (Å²) < 4.78 is 28.3. The Kier molecular flexibility index (Phi) is 5.18. The fourth-order valence-corrected chi connectivity index (χ4v) is 6.46. The van der Waals surface area contributed by atoms with Gasteiger partial charge in [-0.15, -0.1) is 0 Å². The van der Waals surface area contributed by atoms with E-state index in [1.54, 1.807) is 29.4 Å². The van der Waals surface area contributed by atoms with Crippen LogP contribution in [0.25, 0.3) is 0 Å². The van der Waals surface area contributed by atoms with E-state index in [0.29, 0.717) is 29.2 Å². The number of rotatable bonds is 5. The van der Waals surface area contributed by atoms with Crippen molar-refractivity contribution < 1.29 is 13.2 Å². The first kappa shape index (κ1) is 20.0. The Morgan fingerprint density at radius 3 is 2.52 bits per heavy atom. The van der Waals surface area contributed by atoms with Crippen LogP contribution in [0.5, 0.6) is 0 Å². The summed E-state index contributed by atoms with van der Waals surface area (Å²) in [6.45, 7) is 7.35. The third kappa shape index (κ3) is 3.92. The van der Waals surface area contributed by atoms with Gasteiger partial charge in [-0.3, -0.25) is 14.7 Å². The Morgan fingerprint density at radius 1 is 1.17 bits per heavy atom. The van der Waals surface area contributed by atoms with Crippen LogP contribution >= 0.6 is 0 Å². The maximum atomic E-state index is 13.3. The molecule has 4 heterocycles. The first-order valence-electron chi connectivity index (χ1n) is 9.81. The molecule has 3 fully saturated rings. The molecule has 0 saturated carbocycles. The fraction of sp³-hybridized carbons (Fsp3) is 0.429. The molecule has 8 heteroatoms. The smallest absolute Gasteiger partial charge is 0.243 e. The minimum absolute atomic E-state index is 0.00187.